The van der Waals surface area contributed by atoms with Gasteiger partial charge in [0.2, 0.25) is 5.91 Å². The van der Waals surface area contributed by atoms with E-state index >= 15 is 0 Å². The topological polar surface area (TPSA) is 60.5 Å². The van der Waals surface area contributed by atoms with Gasteiger partial charge in [0.15, 0.2) is 0 Å². The Balaban J connectivity index is 1.45. The van der Waals surface area contributed by atoms with Gasteiger partial charge >= 0.3 is 0 Å². The number of piperidine rings is 1. The highest BCUT2D eigenvalue weighted by molar-refractivity contribution is 5.94. The molecular weight excluding hydrogens is 410 g/mol. The average molecular weight is 454 g/mol. The zero-order chi connectivity index (χ0) is 23.6. The molecule has 6 heteroatoms. The molecule has 0 aliphatic carbocycles. The van der Waals surface area contributed by atoms with Crippen molar-refractivity contribution in [3.8, 4) is 0 Å². The number of carbonyl (C=O) groups is 1. The van der Waals surface area contributed by atoms with Gasteiger partial charge in [-0.15, -0.1) is 0 Å². The molecule has 1 aliphatic heterocycles. The van der Waals surface area contributed by atoms with E-state index in [2.05, 4.69) is 60.3 Å². The van der Waals surface area contributed by atoms with Crippen LogP contribution in [0.3, 0.4) is 0 Å². The highest BCUT2D eigenvalue weighted by Gasteiger charge is 2.18. The third kappa shape index (κ3) is 7.68. The molecule has 0 spiro atoms. The zero-order valence-electron chi connectivity index (χ0n) is 21.1. The Hall–Kier alpha value is -2.18. The van der Waals surface area contributed by atoms with E-state index in [0.717, 1.165) is 87.0 Å². The molecule has 2 N–H and O–H groups in total. The van der Waals surface area contributed by atoms with Crippen LogP contribution in [0.1, 0.15) is 58.4 Å². The van der Waals surface area contributed by atoms with Crippen molar-refractivity contribution in [1.29, 1.82) is 0 Å². The third-order valence-corrected chi connectivity index (χ3v) is 6.87. The van der Waals surface area contributed by atoms with E-state index in [1.807, 2.05) is 12.1 Å². The summed E-state index contributed by atoms with van der Waals surface area (Å²) < 4.78 is 0. The van der Waals surface area contributed by atoms with Gasteiger partial charge in [0.05, 0.1) is 5.52 Å². The van der Waals surface area contributed by atoms with E-state index in [-0.39, 0.29) is 5.91 Å². The van der Waals surface area contributed by atoms with E-state index < -0.39 is 0 Å². The first kappa shape index (κ1) is 25.4. The summed E-state index contributed by atoms with van der Waals surface area (Å²) in [6.07, 6.45) is 5.00. The van der Waals surface area contributed by atoms with Crippen LogP contribution in [-0.4, -0.2) is 61.6 Å². The molecule has 0 radical (unpaired) electrons. The van der Waals surface area contributed by atoms with Crippen LogP contribution in [0.25, 0.3) is 10.9 Å². The lowest BCUT2D eigenvalue weighted by atomic mass is 9.99. The summed E-state index contributed by atoms with van der Waals surface area (Å²) in [5.74, 6) is 1.96. The van der Waals surface area contributed by atoms with E-state index in [0.29, 0.717) is 6.42 Å². The Morgan fingerprint density at radius 2 is 1.85 bits per heavy atom. The quantitative estimate of drug-likeness (QED) is 0.451. The molecular formula is C27H43N5O. The number of carbonyl (C=O) groups excluding carboxylic acids is 1. The van der Waals surface area contributed by atoms with E-state index in [1.165, 1.54) is 18.4 Å². The summed E-state index contributed by atoms with van der Waals surface area (Å²) in [5.41, 5.74) is 3.05. The van der Waals surface area contributed by atoms with E-state index in [4.69, 9.17) is 4.98 Å². The number of rotatable bonds is 12. The number of hydrogen-bond donors (Lipinski definition) is 2. The van der Waals surface area contributed by atoms with E-state index in [9.17, 15) is 4.79 Å². The van der Waals surface area contributed by atoms with Gasteiger partial charge in [0.25, 0.3) is 0 Å². The number of anilines is 2. The fraction of sp³-hybridized carbons (Fsp3) is 0.630. The molecule has 33 heavy (non-hydrogen) atoms. The molecule has 1 saturated heterocycles. The van der Waals surface area contributed by atoms with Crippen molar-refractivity contribution >= 4 is 28.3 Å². The summed E-state index contributed by atoms with van der Waals surface area (Å²) in [6, 6.07) is 8.25. The Morgan fingerprint density at radius 1 is 1.12 bits per heavy atom. The monoisotopic (exact) mass is 453 g/mol. The summed E-state index contributed by atoms with van der Waals surface area (Å²) >= 11 is 0. The average Bonchev–Trinajstić information content (AvgIpc) is 2.81. The van der Waals surface area contributed by atoms with Crippen LogP contribution in [0, 0.1) is 12.8 Å². The molecule has 3 rings (SSSR count). The van der Waals surface area contributed by atoms with Crippen molar-refractivity contribution < 1.29 is 4.79 Å². The first-order valence-corrected chi connectivity index (χ1v) is 12.9. The number of aryl methyl sites for hydroxylation is 1. The van der Waals surface area contributed by atoms with Crippen molar-refractivity contribution in [2.45, 2.75) is 59.8 Å². The molecule has 182 valence electrons. The second-order valence-corrected chi connectivity index (χ2v) is 9.48. The molecule has 1 amide bonds. The number of amides is 1. The lowest BCUT2D eigenvalue weighted by Gasteiger charge is -2.31. The predicted octanol–water partition coefficient (Wildman–Crippen LogP) is 4.82. The zero-order valence-corrected chi connectivity index (χ0v) is 21.1. The van der Waals surface area contributed by atoms with Crippen LogP contribution >= 0.6 is 0 Å². The fourth-order valence-electron chi connectivity index (χ4n) is 4.54. The number of aromatic nitrogens is 1. The SMILES string of the molecule is CCN(CC)CCCNCCCC(=O)Nc1ccc2nc(N3CCC(C)CC3)cc(C)c2c1. The van der Waals surface area contributed by atoms with Crippen molar-refractivity contribution in [3.63, 3.8) is 0 Å². The van der Waals surface area contributed by atoms with Gasteiger partial charge in [0, 0.05) is 30.6 Å². The van der Waals surface area contributed by atoms with Gasteiger partial charge in [0.1, 0.15) is 5.82 Å². The Labute approximate surface area is 200 Å². The van der Waals surface area contributed by atoms with Gasteiger partial charge in [-0.1, -0.05) is 20.8 Å². The number of nitrogens with one attached hydrogen (secondary N) is 2. The molecule has 0 atom stereocenters. The van der Waals surface area contributed by atoms with Gasteiger partial charge in [-0.05, 0) is 101 Å². The smallest absolute Gasteiger partial charge is 0.224 e. The summed E-state index contributed by atoms with van der Waals surface area (Å²) in [4.78, 5) is 22.2. The van der Waals surface area contributed by atoms with Crippen LogP contribution in [0.5, 0.6) is 0 Å². The molecule has 1 aromatic heterocycles. The van der Waals surface area contributed by atoms with Crippen molar-refractivity contribution in [3.05, 3.63) is 29.8 Å². The van der Waals surface area contributed by atoms with Gasteiger partial charge in [-0.2, -0.15) is 0 Å². The molecule has 0 bridgehead atoms. The highest BCUT2D eigenvalue weighted by atomic mass is 16.1. The minimum absolute atomic E-state index is 0.0731. The summed E-state index contributed by atoms with van der Waals surface area (Å²) in [5, 5.41) is 7.63. The van der Waals surface area contributed by atoms with Crippen molar-refractivity contribution in [2.24, 2.45) is 5.92 Å². The Morgan fingerprint density at radius 3 is 2.58 bits per heavy atom. The molecule has 2 heterocycles. The van der Waals surface area contributed by atoms with Crippen LogP contribution in [0.15, 0.2) is 24.3 Å². The van der Waals surface area contributed by atoms with E-state index in [1.54, 1.807) is 0 Å². The molecule has 2 aromatic rings. The minimum Gasteiger partial charge on any atom is -0.357 e. The first-order chi connectivity index (χ1) is 16.0. The Kier molecular flexibility index (Phi) is 9.95. The van der Waals surface area contributed by atoms with Crippen molar-refractivity contribution in [1.82, 2.24) is 15.2 Å². The van der Waals surface area contributed by atoms with Crippen LogP contribution in [0.2, 0.25) is 0 Å². The minimum atomic E-state index is 0.0731. The lowest BCUT2D eigenvalue weighted by Crippen LogP contribution is -2.33. The van der Waals surface area contributed by atoms with Crippen LogP contribution in [0.4, 0.5) is 11.5 Å². The van der Waals surface area contributed by atoms with Crippen LogP contribution < -0.4 is 15.5 Å². The number of pyridine rings is 1. The first-order valence-electron chi connectivity index (χ1n) is 12.9. The normalized spacial score (nSPS) is 14.9. The summed E-state index contributed by atoms with van der Waals surface area (Å²) in [6.45, 7) is 16.3. The fourth-order valence-corrected chi connectivity index (χ4v) is 4.54. The Bertz CT molecular complexity index is 887. The van der Waals surface area contributed by atoms with Gasteiger partial charge < -0.3 is 20.4 Å². The standard InChI is InChI=1S/C27H43N5O/c1-5-31(6-2)16-8-15-28-14-7-9-27(33)29-23-10-11-25-24(20-23)22(4)19-26(30-25)32-17-12-21(3)13-18-32/h10-11,19-21,28H,5-9,12-18H2,1-4H3,(H,29,33). The maximum Gasteiger partial charge on any atom is 0.224 e. The molecule has 1 aromatic carbocycles. The van der Waals surface area contributed by atoms with Gasteiger partial charge in [-0.3, -0.25) is 4.79 Å². The number of fused-ring (bicyclic) bond motifs is 1. The second-order valence-electron chi connectivity index (χ2n) is 9.48. The highest BCUT2D eigenvalue weighted by Crippen LogP contribution is 2.28. The van der Waals surface area contributed by atoms with Gasteiger partial charge in [-0.25, -0.2) is 4.98 Å². The van der Waals surface area contributed by atoms with Crippen LogP contribution in [-0.2, 0) is 4.79 Å². The molecule has 1 fully saturated rings. The maximum atomic E-state index is 12.4. The largest absolute Gasteiger partial charge is 0.357 e. The third-order valence-electron chi connectivity index (χ3n) is 6.87. The van der Waals surface area contributed by atoms with Crippen molar-refractivity contribution in [2.75, 3.05) is 56.0 Å². The predicted molar refractivity (Wildman–Crippen MR) is 140 cm³/mol. The number of hydrogen-bond acceptors (Lipinski definition) is 5. The molecule has 0 saturated carbocycles. The maximum absolute atomic E-state index is 12.4. The molecule has 6 nitrogen and oxygen atoms in total. The summed E-state index contributed by atoms with van der Waals surface area (Å²) in [7, 11) is 0. The number of nitrogens with zero attached hydrogens (tertiary/aromatic N) is 3. The number of benzene rings is 1. The second kappa shape index (κ2) is 12.9. The molecule has 1 aliphatic rings. The molecule has 0 unspecified atom stereocenters. The lowest BCUT2D eigenvalue weighted by molar-refractivity contribution is -0.116.